The number of allylic oxidation sites excluding steroid dienone is 17. The van der Waals surface area contributed by atoms with Gasteiger partial charge in [0.2, 0.25) is 0 Å². The maximum Gasteiger partial charge on any atom is 0.472 e. The number of aliphatic hydroxyl groups excluding tert-OH is 1. The summed E-state index contributed by atoms with van der Waals surface area (Å²) in [5.41, 5.74) is 0. The maximum atomic E-state index is 13.0. The molecule has 0 aliphatic rings. The molecule has 528 valence electrons. The van der Waals surface area contributed by atoms with Crippen LogP contribution < -0.4 is 0 Å². The Morgan fingerprint density at radius 1 is 0.326 bits per heavy atom. The summed E-state index contributed by atoms with van der Waals surface area (Å²) < 4.78 is 68.0. The summed E-state index contributed by atoms with van der Waals surface area (Å²) in [4.78, 5) is 72.4. The number of phosphoric acid groups is 2. The van der Waals surface area contributed by atoms with E-state index in [0.717, 1.165) is 154 Å². The highest BCUT2D eigenvalue weighted by Crippen LogP contribution is 2.45. The first-order valence-electron chi connectivity index (χ1n) is 35.1. The second-order valence-corrected chi connectivity index (χ2v) is 26.0. The lowest BCUT2D eigenvalue weighted by molar-refractivity contribution is -0.161. The summed E-state index contributed by atoms with van der Waals surface area (Å²) in [5.74, 6) is -2.36. The summed E-state index contributed by atoms with van der Waals surface area (Å²) in [6.07, 6.45) is 67.1. The van der Waals surface area contributed by atoms with Gasteiger partial charge in [-0.3, -0.25) is 37.3 Å². The van der Waals surface area contributed by atoms with Gasteiger partial charge in [0, 0.05) is 19.3 Å². The van der Waals surface area contributed by atoms with Gasteiger partial charge in [-0.25, -0.2) is 9.13 Å². The molecule has 0 aromatic carbocycles. The highest BCUT2D eigenvalue weighted by molar-refractivity contribution is 7.47. The molecule has 0 amide bonds. The molecule has 0 saturated carbocycles. The van der Waals surface area contributed by atoms with Crippen molar-refractivity contribution in [2.75, 3.05) is 39.6 Å². The van der Waals surface area contributed by atoms with E-state index in [-0.39, 0.29) is 25.7 Å². The third-order valence-electron chi connectivity index (χ3n) is 14.2. The van der Waals surface area contributed by atoms with E-state index in [0.29, 0.717) is 25.7 Å². The highest BCUT2D eigenvalue weighted by atomic mass is 31.2. The Morgan fingerprint density at radius 3 is 1.05 bits per heavy atom. The lowest BCUT2D eigenvalue weighted by atomic mass is 10.1. The zero-order valence-electron chi connectivity index (χ0n) is 57.2. The van der Waals surface area contributed by atoms with Crippen LogP contribution in [-0.4, -0.2) is 96.7 Å². The number of hydrogen-bond acceptors (Lipinski definition) is 15. The molecule has 0 rings (SSSR count). The molecule has 5 atom stereocenters. The minimum atomic E-state index is -4.99. The van der Waals surface area contributed by atoms with E-state index in [2.05, 4.69) is 113 Å². The van der Waals surface area contributed by atoms with Crippen molar-refractivity contribution >= 4 is 39.5 Å². The van der Waals surface area contributed by atoms with Crippen molar-refractivity contribution in [2.24, 2.45) is 0 Å². The number of ether oxygens (including phenoxy) is 4. The third-order valence-corrected chi connectivity index (χ3v) is 16.1. The van der Waals surface area contributed by atoms with Crippen LogP contribution >= 0.6 is 15.6 Å². The first-order valence-corrected chi connectivity index (χ1v) is 38.1. The summed E-state index contributed by atoms with van der Waals surface area (Å²) in [6.45, 7) is 4.46. The smallest absolute Gasteiger partial charge is 0.462 e. The SMILES string of the molecule is CC/C=C\C/C=C\C/C=C\C/C=C\C/C=C\CC(=O)OCC(COP(=O)(O)OCC(O)COP(=O)(O)OCC(COC(=O)CCCCCCC/C=C\C/C=C\CCC)OC(=O)CCCCCCC/C=C\CCCC)OC(=O)CCCCCCC/C=C\CCCCCC. The first-order chi connectivity index (χ1) is 44.7. The van der Waals surface area contributed by atoms with Crippen LogP contribution in [0.3, 0.4) is 0 Å². The molecular weight excluding hydrogens is 1210 g/mol. The lowest BCUT2D eigenvalue weighted by Gasteiger charge is -2.21. The van der Waals surface area contributed by atoms with Gasteiger partial charge in [-0.05, 0) is 122 Å². The minimum Gasteiger partial charge on any atom is -0.462 e. The topological polar surface area (TPSA) is 237 Å². The maximum absolute atomic E-state index is 13.0. The van der Waals surface area contributed by atoms with Gasteiger partial charge in [0.25, 0.3) is 0 Å². The molecular formula is C73H124O17P2. The van der Waals surface area contributed by atoms with Crippen molar-refractivity contribution in [3.63, 3.8) is 0 Å². The molecule has 0 bridgehead atoms. The van der Waals surface area contributed by atoms with Gasteiger partial charge in [0.1, 0.15) is 19.3 Å². The number of phosphoric ester groups is 2. The molecule has 0 spiro atoms. The Morgan fingerprint density at radius 2 is 0.641 bits per heavy atom. The molecule has 17 nitrogen and oxygen atoms in total. The average Bonchev–Trinajstić information content (AvgIpc) is 2.73. The number of unbranched alkanes of at least 4 members (excludes halogenated alkanes) is 22. The van der Waals surface area contributed by atoms with Gasteiger partial charge >= 0.3 is 39.5 Å². The predicted octanol–water partition coefficient (Wildman–Crippen LogP) is 19.4. The molecule has 0 radical (unpaired) electrons. The van der Waals surface area contributed by atoms with E-state index >= 15 is 0 Å². The van der Waals surface area contributed by atoms with Crippen LogP contribution in [0.4, 0.5) is 0 Å². The summed E-state index contributed by atoms with van der Waals surface area (Å²) in [5, 5.41) is 10.6. The Hall–Kier alpha value is -4.28. The van der Waals surface area contributed by atoms with Crippen LogP contribution in [0.5, 0.6) is 0 Å². The fraction of sp³-hybridized carbons (Fsp3) is 0.699. The summed E-state index contributed by atoms with van der Waals surface area (Å²) in [7, 11) is -9.97. The highest BCUT2D eigenvalue weighted by Gasteiger charge is 2.30. The van der Waals surface area contributed by atoms with Crippen LogP contribution in [0.2, 0.25) is 0 Å². The van der Waals surface area contributed by atoms with Crippen molar-refractivity contribution in [3.8, 4) is 0 Å². The number of rotatable bonds is 65. The second kappa shape index (κ2) is 65.4. The molecule has 3 N–H and O–H groups in total. The summed E-state index contributed by atoms with van der Waals surface area (Å²) in [6, 6.07) is 0. The normalized spacial score (nSPS) is 14.7. The summed E-state index contributed by atoms with van der Waals surface area (Å²) >= 11 is 0. The Kier molecular flexibility index (Phi) is 62.3. The first kappa shape index (κ1) is 87.7. The predicted molar refractivity (Wildman–Crippen MR) is 372 cm³/mol. The molecule has 0 aromatic heterocycles. The van der Waals surface area contributed by atoms with E-state index < -0.39 is 97.5 Å². The molecule has 0 heterocycles. The van der Waals surface area contributed by atoms with Crippen LogP contribution in [0, 0.1) is 0 Å². The van der Waals surface area contributed by atoms with Crippen LogP contribution in [0.1, 0.15) is 272 Å². The molecule has 19 heteroatoms. The average molecular weight is 1340 g/mol. The zero-order chi connectivity index (χ0) is 67.5. The Bertz CT molecular complexity index is 2180. The number of carbonyl (C=O) groups excluding carboxylic acids is 4. The number of aliphatic hydroxyl groups is 1. The number of esters is 4. The van der Waals surface area contributed by atoms with Gasteiger partial charge in [0.15, 0.2) is 12.2 Å². The largest absolute Gasteiger partial charge is 0.472 e. The number of carbonyl (C=O) groups is 4. The molecule has 0 aliphatic heterocycles. The Labute approximate surface area is 556 Å². The van der Waals surface area contributed by atoms with Gasteiger partial charge in [-0.15, -0.1) is 0 Å². The van der Waals surface area contributed by atoms with Crippen molar-refractivity contribution in [1.82, 2.24) is 0 Å². The number of hydrogen-bond donors (Lipinski definition) is 3. The standard InChI is InChI=1S/C73H124O17P2/c1-5-9-13-17-21-25-29-32-33-36-39-42-46-50-54-58-71(76)84-64-69(90-73(78)60-56-52-48-44-40-35-31-27-23-19-15-11-7-3)66-88-92(81,82)86-62-67(74)61-85-91(79,80)87-65-68(89-72(77)59-55-51-47-43-37-28-24-20-16-12-8-4)63-83-70(75)57-53-49-45-41-38-34-30-26-22-18-14-10-6-2/h9,13-14,18,20-21,24-27,30-33,39,42,50,54,67-69,74H,5-8,10-12,15-17,19,22-23,28-29,34-38,40-41,43-49,51-53,55-66H2,1-4H3,(H,79,80)(H,81,82)/b13-9-,18-14-,24-20-,25-21-,30-26-,31-27-,33-32-,42-39-,54-50-. The van der Waals surface area contributed by atoms with E-state index in [9.17, 15) is 43.2 Å². The van der Waals surface area contributed by atoms with Crippen molar-refractivity contribution < 1.29 is 80.2 Å². The van der Waals surface area contributed by atoms with Gasteiger partial charge in [-0.2, -0.15) is 0 Å². The van der Waals surface area contributed by atoms with Crippen LogP contribution in [0.25, 0.3) is 0 Å². The van der Waals surface area contributed by atoms with Gasteiger partial charge in [0.05, 0.1) is 32.8 Å². The van der Waals surface area contributed by atoms with E-state index in [1.165, 1.54) is 38.5 Å². The van der Waals surface area contributed by atoms with Crippen molar-refractivity contribution in [1.29, 1.82) is 0 Å². The van der Waals surface area contributed by atoms with Crippen LogP contribution in [0.15, 0.2) is 109 Å². The second-order valence-electron chi connectivity index (χ2n) is 23.1. The molecule has 5 unspecified atom stereocenters. The quantitative estimate of drug-likeness (QED) is 0.0169. The van der Waals surface area contributed by atoms with E-state index in [1.54, 1.807) is 6.08 Å². The molecule has 0 aromatic rings. The zero-order valence-corrected chi connectivity index (χ0v) is 59.0. The fourth-order valence-corrected chi connectivity index (χ4v) is 10.4. The molecule has 0 saturated heterocycles. The lowest BCUT2D eigenvalue weighted by Crippen LogP contribution is -2.30. The molecule has 92 heavy (non-hydrogen) atoms. The minimum absolute atomic E-state index is 0.0640. The van der Waals surface area contributed by atoms with Gasteiger partial charge < -0.3 is 33.8 Å². The van der Waals surface area contributed by atoms with E-state index in [1.807, 2.05) is 18.2 Å². The fourth-order valence-electron chi connectivity index (χ4n) is 8.83. The van der Waals surface area contributed by atoms with Crippen LogP contribution in [-0.2, 0) is 65.4 Å². The monoisotopic (exact) mass is 1330 g/mol. The Balaban J connectivity index is 5.41. The third kappa shape index (κ3) is 64.4. The molecule has 0 aliphatic carbocycles. The van der Waals surface area contributed by atoms with Gasteiger partial charge in [-0.1, -0.05) is 233 Å². The molecule has 0 fully saturated rings. The van der Waals surface area contributed by atoms with E-state index in [4.69, 9.17) is 37.0 Å². The van der Waals surface area contributed by atoms with Crippen molar-refractivity contribution in [2.45, 2.75) is 290 Å². The van der Waals surface area contributed by atoms with Crippen molar-refractivity contribution in [3.05, 3.63) is 109 Å².